The van der Waals surface area contributed by atoms with Crippen LogP contribution in [0.5, 0.6) is 0 Å². The number of fused-ring (bicyclic) bond motifs is 1. The van der Waals surface area contributed by atoms with Gasteiger partial charge in [-0.25, -0.2) is 0 Å². The molecule has 30 heavy (non-hydrogen) atoms. The molecular weight excluding hydrogens is 376 g/mol. The molecule has 5 nitrogen and oxygen atoms in total. The van der Waals surface area contributed by atoms with Crippen LogP contribution in [-0.2, 0) is 9.59 Å². The molecule has 7 rings (SSSR count). The van der Waals surface area contributed by atoms with Crippen LogP contribution in [0.15, 0.2) is 24.4 Å². The van der Waals surface area contributed by atoms with Gasteiger partial charge in [0.05, 0.1) is 5.92 Å². The van der Waals surface area contributed by atoms with Crippen molar-refractivity contribution in [1.82, 2.24) is 9.88 Å². The predicted molar refractivity (Wildman–Crippen MR) is 114 cm³/mol. The summed E-state index contributed by atoms with van der Waals surface area (Å²) in [5, 5.41) is 11.2. The lowest BCUT2D eigenvalue weighted by atomic mass is 9.58. The number of carbonyl (C=O) groups excluding carboxylic acids is 1. The molecule has 2 N–H and O–H groups in total. The van der Waals surface area contributed by atoms with Crippen molar-refractivity contribution < 1.29 is 14.7 Å². The first-order valence-corrected chi connectivity index (χ1v) is 11.6. The molecule has 3 aliphatic carbocycles. The highest BCUT2D eigenvalue weighted by atomic mass is 16.4. The van der Waals surface area contributed by atoms with Crippen LogP contribution in [0, 0.1) is 17.8 Å². The van der Waals surface area contributed by atoms with Crippen LogP contribution in [0.2, 0.25) is 0 Å². The number of hydrogen-bond acceptors (Lipinski definition) is 2. The third-order valence-corrected chi connectivity index (χ3v) is 8.43. The molecule has 6 unspecified atom stereocenters. The average Bonchev–Trinajstić information content (AvgIpc) is 3.44. The summed E-state index contributed by atoms with van der Waals surface area (Å²) in [5.41, 5.74) is 3.82. The monoisotopic (exact) mass is 406 g/mol. The highest BCUT2D eigenvalue weighted by Crippen LogP contribution is 2.52. The fourth-order valence-electron chi connectivity index (χ4n) is 7.12. The maximum atomic E-state index is 13.5. The van der Waals surface area contributed by atoms with Crippen LogP contribution in [0.25, 0.3) is 10.9 Å². The van der Waals surface area contributed by atoms with Crippen molar-refractivity contribution in [1.29, 1.82) is 0 Å². The van der Waals surface area contributed by atoms with E-state index in [1.54, 1.807) is 0 Å². The van der Waals surface area contributed by atoms with Crippen molar-refractivity contribution in [2.75, 3.05) is 0 Å². The highest BCUT2D eigenvalue weighted by molar-refractivity contribution is 5.89. The molecule has 1 aromatic carbocycles. The number of nitrogens with one attached hydrogen (secondary N) is 1. The van der Waals surface area contributed by atoms with E-state index in [0.29, 0.717) is 18.3 Å². The van der Waals surface area contributed by atoms with E-state index < -0.39 is 5.97 Å². The number of carboxylic acids is 1. The average molecular weight is 407 g/mol. The summed E-state index contributed by atoms with van der Waals surface area (Å²) < 4.78 is 0. The fraction of sp³-hybridized carbons (Fsp3) is 0.600. The van der Waals surface area contributed by atoms with Gasteiger partial charge in [-0.05, 0) is 79.4 Å². The first-order valence-electron chi connectivity index (χ1n) is 11.6. The van der Waals surface area contributed by atoms with Crippen molar-refractivity contribution in [3.05, 3.63) is 35.5 Å². The Balaban J connectivity index is 1.27. The second-order valence-corrected chi connectivity index (χ2v) is 10.3. The molecule has 4 bridgehead atoms. The molecular formula is C25H30N2O3. The van der Waals surface area contributed by atoms with E-state index in [4.69, 9.17) is 0 Å². The summed E-state index contributed by atoms with van der Waals surface area (Å²) in [5.74, 6) is 0.738. The van der Waals surface area contributed by atoms with Gasteiger partial charge in [0, 0.05) is 35.6 Å². The molecule has 3 heterocycles. The molecule has 0 spiro atoms. The Labute approximate surface area is 176 Å². The van der Waals surface area contributed by atoms with Crippen molar-refractivity contribution in [3.8, 4) is 0 Å². The van der Waals surface area contributed by atoms with E-state index in [9.17, 15) is 14.7 Å². The number of rotatable bonds is 5. The summed E-state index contributed by atoms with van der Waals surface area (Å²) in [7, 11) is 0. The van der Waals surface area contributed by atoms with Crippen molar-refractivity contribution in [3.63, 3.8) is 0 Å². The molecule has 1 aromatic heterocycles. The summed E-state index contributed by atoms with van der Waals surface area (Å²) in [6.45, 7) is 2.15. The summed E-state index contributed by atoms with van der Waals surface area (Å²) in [6, 6.07) is 6.65. The van der Waals surface area contributed by atoms with E-state index in [-0.39, 0.29) is 35.7 Å². The van der Waals surface area contributed by atoms with Gasteiger partial charge in [-0.3, -0.25) is 9.59 Å². The van der Waals surface area contributed by atoms with E-state index in [2.05, 4.69) is 36.3 Å². The Morgan fingerprint density at radius 2 is 2.03 bits per heavy atom. The Hall–Kier alpha value is -2.30. The second-order valence-electron chi connectivity index (χ2n) is 10.3. The molecule has 5 aliphatic rings. The lowest BCUT2D eigenvalue weighted by Crippen LogP contribution is -2.65. The largest absolute Gasteiger partial charge is 0.481 e. The maximum Gasteiger partial charge on any atom is 0.308 e. The standard InChI is InChI=1S/C25H30N2O3/c1-13(19-12-26-20-4-2-3-18(24(19)20)15-5-6-15)7-22(28)27-17-9-14-8-16(11-17)23(25(29)30)21(27)10-14/h2-4,12-17,21,23,26H,5-11H2,1H3,(H,29,30). The minimum absolute atomic E-state index is 0.0940. The first-order chi connectivity index (χ1) is 14.5. The van der Waals surface area contributed by atoms with Crippen LogP contribution in [0.3, 0.4) is 0 Å². The first kappa shape index (κ1) is 18.5. The Kier molecular flexibility index (Phi) is 4.06. The van der Waals surface area contributed by atoms with Crippen LogP contribution < -0.4 is 0 Å². The van der Waals surface area contributed by atoms with E-state index >= 15 is 0 Å². The molecule has 5 heteroatoms. The number of carboxylic acid groups (broad SMARTS) is 1. The van der Waals surface area contributed by atoms with Crippen LogP contribution in [-0.4, -0.2) is 39.0 Å². The smallest absolute Gasteiger partial charge is 0.308 e. The number of amides is 1. The number of aromatic nitrogens is 1. The van der Waals surface area contributed by atoms with Gasteiger partial charge in [0.15, 0.2) is 0 Å². The highest BCUT2D eigenvalue weighted by Gasteiger charge is 2.56. The third kappa shape index (κ3) is 2.74. The quantitative estimate of drug-likeness (QED) is 0.760. The molecule has 2 aromatic rings. The minimum atomic E-state index is -0.708. The summed E-state index contributed by atoms with van der Waals surface area (Å²) in [4.78, 5) is 30.9. The second kappa shape index (κ2) is 6.60. The molecule has 158 valence electrons. The maximum absolute atomic E-state index is 13.5. The van der Waals surface area contributed by atoms with Crippen LogP contribution in [0.4, 0.5) is 0 Å². The zero-order chi connectivity index (χ0) is 20.6. The van der Waals surface area contributed by atoms with Crippen molar-refractivity contribution in [2.45, 2.75) is 75.8 Å². The number of benzene rings is 1. The molecule has 0 radical (unpaired) electrons. The van der Waals surface area contributed by atoms with Crippen molar-refractivity contribution >= 4 is 22.8 Å². The molecule has 5 fully saturated rings. The topological polar surface area (TPSA) is 73.4 Å². The lowest BCUT2D eigenvalue weighted by Gasteiger charge is -2.59. The van der Waals surface area contributed by atoms with Gasteiger partial charge >= 0.3 is 5.97 Å². The molecule has 6 atom stereocenters. The van der Waals surface area contributed by atoms with Gasteiger partial charge < -0.3 is 15.0 Å². The number of piperidine rings is 2. The number of nitrogens with zero attached hydrogens (tertiary/aromatic N) is 1. The van der Waals surface area contributed by atoms with Gasteiger partial charge in [0.25, 0.3) is 0 Å². The lowest BCUT2D eigenvalue weighted by molar-refractivity contribution is -0.171. The van der Waals surface area contributed by atoms with Gasteiger partial charge in [0.2, 0.25) is 5.91 Å². The normalized spacial score (nSPS) is 33.2. The Morgan fingerprint density at radius 1 is 1.20 bits per heavy atom. The molecule has 1 amide bonds. The van der Waals surface area contributed by atoms with Gasteiger partial charge in [-0.1, -0.05) is 19.1 Å². The number of aliphatic carboxylic acids is 1. The molecule has 3 saturated carbocycles. The van der Waals surface area contributed by atoms with Gasteiger partial charge in [-0.15, -0.1) is 0 Å². The summed E-state index contributed by atoms with van der Waals surface area (Å²) in [6.07, 6.45) is 8.92. The number of hydrogen-bond donors (Lipinski definition) is 2. The van der Waals surface area contributed by atoms with Crippen LogP contribution in [0.1, 0.15) is 74.8 Å². The number of carbonyl (C=O) groups is 2. The van der Waals surface area contributed by atoms with E-state index in [1.807, 2.05) is 4.90 Å². The van der Waals surface area contributed by atoms with E-state index in [1.165, 1.54) is 29.4 Å². The van der Waals surface area contributed by atoms with Gasteiger partial charge in [0.1, 0.15) is 0 Å². The summed E-state index contributed by atoms with van der Waals surface area (Å²) >= 11 is 0. The predicted octanol–water partition coefficient (Wildman–Crippen LogP) is 4.64. The van der Waals surface area contributed by atoms with Crippen molar-refractivity contribution in [2.24, 2.45) is 17.8 Å². The Morgan fingerprint density at radius 3 is 2.80 bits per heavy atom. The van der Waals surface area contributed by atoms with Gasteiger partial charge in [-0.2, -0.15) is 0 Å². The van der Waals surface area contributed by atoms with E-state index in [0.717, 1.165) is 31.2 Å². The van der Waals surface area contributed by atoms with Crippen LogP contribution >= 0.6 is 0 Å². The zero-order valence-corrected chi connectivity index (χ0v) is 17.5. The molecule has 2 aliphatic heterocycles. The molecule has 2 saturated heterocycles. The third-order valence-electron chi connectivity index (χ3n) is 8.43. The SMILES string of the molecule is CC(CC(=O)N1C2CC3CC(C2)C(C(=O)O)C1C3)c1c[nH]c2cccc(C3CC3)c12. The minimum Gasteiger partial charge on any atom is -0.481 e. The Bertz CT molecular complexity index is 1020. The fourth-order valence-corrected chi connectivity index (χ4v) is 7.12. The zero-order valence-electron chi connectivity index (χ0n) is 17.5. The number of H-pyrrole nitrogens is 1. The number of aromatic amines is 1.